The Balaban J connectivity index is 2.30. The average molecular weight is 316 g/mol. The number of rotatable bonds is 11. The SMILES string of the molecule is CCCCCCCCC(=O)NN=C(C)c1ccc(CCC)cc1. The van der Waals surface area contributed by atoms with Crippen molar-refractivity contribution in [3.63, 3.8) is 0 Å². The van der Waals surface area contributed by atoms with Crippen molar-refractivity contribution in [1.82, 2.24) is 5.43 Å². The first-order valence-corrected chi connectivity index (χ1v) is 9.09. The van der Waals surface area contributed by atoms with Gasteiger partial charge in [0, 0.05) is 6.42 Å². The second-order valence-corrected chi connectivity index (χ2v) is 6.20. The van der Waals surface area contributed by atoms with E-state index in [1.165, 1.54) is 31.2 Å². The van der Waals surface area contributed by atoms with Crippen molar-refractivity contribution in [3.8, 4) is 0 Å². The van der Waals surface area contributed by atoms with E-state index in [1.54, 1.807) is 0 Å². The summed E-state index contributed by atoms with van der Waals surface area (Å²) in [5.74, 6) is 0.0162. The predicted octanol–water partition coefficient (Wildman–Crippen LogP) is 5.23. The number of nitrogens with zero attached hydrogens (tertiary/aromatic N) is 1. The van der Waals surface area contributed by atoms with Gasteiger partial charge in [-0.25, -0.2) is 5.43 Å². The normalized spacial score (nSPS) is 11.5. The smallest absolute Gasteiger partial charge is 0.240 e. The summed E-state index contributed by atoms with van der Waals surface area (Å²) in [6.07, 6.45) is 9.98. The monoisotopic (exact) mass is 316 g/mol. The molecule has 0 aliphatic carbocycles. The summed E-state index contributed by atoms with van der Waals surface area (Å²) in [6, 6.07) is 8.42. The van der Waals surface area contributed by atoms with Gasteiger partial charge >= 0.3 is 0 Å². The molecule has 1 aromatic carbocycles. The van der Waals surface area contributed by atoms with Crippen LogP contribution in [0.3, 0.4) is 0 Å². The fourth-order valence-corrected chi connectivity index (χ4v) is 2.53. The third kappa shape index (κ3) is 8.53. The van der Waals surface area contributed by atoms with Gasteiger partial charge in [0.15, 0.2) is 0 Å². The van der Waals surface area contributed by atoms with E-state index in [9.17, 15) is 4.79 Å². The molecule has 128 valence electrons. The summed E-state index contributed by atoms with van der Waals surface area (Å²) in [5.41, 5.74) is 5.93. The van der Waals surface area contributed by atoms with Gasteiger partial charge in [-0.1, -0.05) is 76.6 Å². The summed E-state index contributed by atoms with van der Waals surface area (Å²) >= 11 is 0. The minimum Gasteiger partial charge on any atom is -0.273 e. The maximum absolute atomic E-state index is 11.8. The van der Waals surface area contributed by atoms with Crippen LogP contribution in [0.4, 0.5) is 0 Å². The van der Waals surface area contributed by atoms with Crippen molar-refractivity contribution < 1.29 is 4.79 Å². The van der Waals surface area contributed by atoms with Gasteiger partial charge in [0.2, 0.25) is 5.91 Å². The Bertz CT molecular complexity index is 477. The Hall–Kier alpha value is -1.64. The molecule has 0 aromatic heterocycles. The molecule has 0 saturated heterocycles. The number of unbranched alkanes of at least 4 members (excludes halogenated alkanes) is 5. The number of hydrazone groups is 1. The zero-order chi connectivity index (χ0) is 16.9. The molecule has 23 heavy (non-hydrogen) atoms. The lowest BCUT2D eigenvalue weighted by Gasteiger charge is -2.05. The van der Waals surface area contributed by atoms with Crippen LogP contribution in [0.1, 0.15) is 83.3 Å². The van der Waals surface area contributed by atoms with Crippen molar-refractivity contribution in [2.45, 2.75) is 78.6 Å². The highest BCUT2D eigenvalue weighted by molar-refractivity contribution is 5.99. The maximum Gasteiger partial charge on any atom is 0.240 e. The van der Waals surface area contributed by atoms with Gasteiger partial charge in [0.1, 0.15) is 0 Å². The Morgan fingerprint density at radius 1 is 0.957 bits per heavy atom. The van der Waals surface area contributed by atoms with Crippen molar-refractivity contribution in [2.24, 2.45) is 5.10 Å². The largest absolute Gasteiger partial charge is 0.273 e. The quantitative estimate of drug-likeness (QED) is 0.339. The van der Waals surface area contributed by atoms with Crippen LogP contribution >= 0.6 is 0 Å². The summed E-state index contributed by atoms with van der Waals surface area (Å²) in [4.78, 5) is 11.8. The molecule has 0 aliphatic heterocycles. The molecule has 1 amide bonds. The predicted molar refractivity (Wildman–Crippen MR) is 98.8 cm³/mol. The minimum absolute atomic E-state index is 0.0162. The van der Waals surface area contributed by atoms with E-state index in [2.05, 4.69) is 48.6 Å². The second-order valence-electron chi connectivity index (χ2n) is 6.20. The molecule has 0 unspecified atom stereocenters. The van der Waals surface area contributed by atoms with E-state index in [4.69, 9.17) is 0 Å². The minimum atomic E-state index is 0.0162. The van der Waals surface area contributed by atoms with Gasteiger partial charge in [-0.05, 0) is 30.9 Å². The summed E-state index contributed by atoms with van der Waals surface area (Å²) < 4.78 is 0. The van der Waals surface area contributed by atoms with Crippen molar-refractivity contribution in [2.75, 3.05) is 0 Å². The first kappa shape index (κ1) is 19.4. The van der Waals surface area contributed by atoms with E-state index in [0.29, 0.717) is 6.42 Å². The molecule has 0 saturated carbocycles. The standard InChI is InChI=1S/C20H32N2O/c1-4-6-7-8-9-10-12-20(23)22-21-17(3)19-15-13-18(11-5-2)14-16-19/h13-16H,4-12H2,1-3H3,(H,22,23). The molecular formula is C20H32N2O. The molecule has 3 heteroatoms. The number of nitrogens with one attached hydrogen (secondary N) is 1. The van der Waals surface area contributed by atoms with Crippen molar-refractivity contribution >= 4 is 11.6 Å². The summed E-state index contributed by atoms with van der Waals surface area (Å²) in [7, 11) is 0. The van der Waals surface area contributed by atoms with Gasteiger partial charge in [-0.15, -0.1) is 0 Å². The number of hydrogen-bond acceptors (Lipinski definition) is 2. The molecule has 1 rings (SSSR count). The van der Waals surface area contributed by atoms with E-state index in [1.807, 2.05) is 6.92 Å². The number of benzene rings is 1. The number of amides is 1. The fraction of sp³-hybridized carbons (Fsp3) is 0.600. The Kier molecular flexibility index (Phi) is 10.0. The first-order chi connectivity index (χ1) is 11.2. The van der Waals surface area contributed by atoms with Crippen LogP contribution in [0, 0.1) is 0 Å². The molecule has 0 bridgehead atoms. The Morgan fingerprint density at radius 3 is 2.26 bits per heavy atom. The third-order valence-electron chi connectivity index (χ3n) is 4.02. The van der Waals surface area contributed by atoms with E-state index < -0.39 is 0 Å². The lowest BCUT2D eigenvalue weighted by molar-refractivity contribution is -0.121. The zero-order valence-electron chi connectivity index (χ0n) is 15.0. The van der Waals surface area contributed by atoms with Crippen LogP contribution in [0.15, 0.2) is 29.4 Å². The van der Waals surface area contributed by atoms with Crippen molar-refractivity contribution in [1.29, 1.82) is 0 Å². The summed E-state index contributed by atoms with van der Waals surface area (Å²) in [5, 5.41) is 4.22. The topological polar surface area (TPSA) is 41.5 Å². The molecule has 0 heterocycles. The van der Waals surface area contributed by atoms with Gasteiger partial charge < -0.3 is 0 Å². The molecule has 0 spiro atoms. The van der Waals surface area contributed by atoms with E-state index >= 15 is 0 Å². The highest BCUT2D eigenvalue weighted by Crippen LogP contribution is 2.08. The van der Waals surface area contributed by atoms with Gasteiger partial charge in [0.05, 0.1) is 5.71 Å². The highest BCUT2D eigenvalue weighted by atomic mass is 16.2. The summed E-state index contributed by atoms with van der Waals surface area (Å²) in [6.45, 7) is 6.32. The van der Waals surface area contributed by atoms with Crippen molar-refractivity contribution in [3.05, 3.63) is 35.4 Å². The first-order valence-electron chi connectivity index (χ1n) is 9.09. The number of aryl methyl sites for hydroxylation is 1. The lowest BCUT2D eigenvalue weighted by Crippen LogP contribution is -2.18. The van der Waals surface area contributed by atoms with Crippen LogP contribution in [0.2, 0.25) is 0 Å². The van der Waals surface area contributed by atoms with Crippen LogP contribution in [0.5, 0.6) is 0 Å². The van der Waals surface area contributed by atoms with Gasteiger partial charge in [-0.2, -0.15) is 5.10 Å². The van der Waals surface area contributed by atoms with Crippen LogP contribution in [-0.4, -0.2) is 11.6 Å². The molecular weight excluding hydrogens is 284 g/mol. The van der Waals surface area contributed by atoms with Gasteiger partial charge in [-0.3, -0.25) is 4.79 Å². The van der Waals surface area contributed by atoms with Crippen LogP contribution < -0.4 is 5.43 Å². The average Bonchev–Trinajstić information content (AvgIpc) is 2.57. The number of carbonyl (C=O) groups is 1. The molecule has 0 fully saturated rings. The molecule has 1 aromatic rings. The molecule has 0 radical (unpaired) electrons. The van der Waals surface area contributed by atoms with Crippen LogP contribution in [-0.2, 0) is 11.2 Å². The second kappa shape index (κ2) is 11.9. The highest BCUT2D eigenvalue weighted by Gasteiger charge is 2.02. The fourth-order valence-electron chi connectivity index (χ4n) is 2.53. The molecule has 3 nitrogen and oxygen atoms in total. The van der Waals surface area contributed by atoms with E-state index in [-0.39, 0.29) is 5.91 Å². The van der Waals surface area contributed by atoms with Gasteiger partial charge in [0.25, 0.3) is 0 Å². The Morgan fingerprint density at radius 2 is 1.61 bits per heavy atom. The maximum atomic E-state index is 11.8. The molecule has 1 N–H and O–H groups in total. The third-order valence-corrected chi connectivity index (χ3v) is 4.02. The number of carbonyl (C=O) groups excluding carboxylic acids is 1. The van der Waals surface area contributed by atoms with E-state index in [0.717, 1.165) is 37.0 Å². The zero-order valence-corrected chi connectivity index (χ0v) is 15.0. The number of hydrogen-bond donors (Lipinski definition) is 1. The Labute approximate surface area is 141 Å². The molecule has 0 atom stereocenters. The lowest BCUT2D eigenvalue weighted by atomic mass is 10.1. The van der Waals surface area contributed by atoms with Crippen LogP contribution in [0.25, 0.3) is 0 Å². The molecule has 0 aliphatic rings.